The first-order chi connectivity index (χ1) is 11.3. The van der Waals surface area contributed by atoms with E-state index in [2.05, 4.69) is 4.74 Å². The molecule has 0 spiro atoms. The molecule has 5 nitrogen and oxygen atoms in total. The zero-order chi connectivity index (χ0) is 17.7. The van der Waals surface area contributed by atoms with Crippen LogP contribution in [0, 0.1) is 0 Å². The van der Waals surface area contributed by atoms with Crippen LogP contribution in [0.1, 0.15) is 0 Å². The van der Waals surface area contributed by atoms with Crippen LogP contribution in [-0.2, 0) is 9.53 Å². The number of carbonyl (C=O) groups is 1. The minimum Gasteiger partial charge on any atom is -0.486 e. The molecule has 1 heterocycles. The molecular formula is C15H17F4NO4. The second-order valence-corrected chi connectivity index (χ2v) is 5.33. The molecule has 24 heavy (non-hydrogen) atoms. The van der Waals surface area contributed by atoms with Crippen LogP contribution in [0.3, 0.4) is 0 Å². The molecule has 0 N–H and O–H groups in total. The number of alkyl halides is 4. The molecule has 0 unspecified atom stereocenters. The van der Waals surface area contributed by atoms with Gasteiger partial charge in [-0.05, 0) is 12.1 Å². The van der Waals surface area contributed by atoms with E-state index in [1.54, 1.807) is 24.3 Å². The molecule has 0 saturated carbocycles. The number of amides is 1. The third-order valence-corrected chi connectivity index (χ3v) is 3.31. The largest absolute Gasteiger partial charge is 0.486 e. The van der Waals surface area contributed by atoms with Crippen molar-refractivity contribution < 1.29 is 36.6 Å². The van der Waals surface area contributed by atoms with E-state index in [4.69, 9.17) is 9.47 Å². The summed E-state index contributed by atoms with van der Waals surface area (Å²) in [6.07, 6.45) is -4.27. The predicted octanol–water partition coefficient (Wildman–Crippen LogP) is 2.20. The molecule has 2 rings (SSSR count). The molecule has 134 valence electrons. The van der Waals surface area contributed by atoms with Gasteiger partial charge < -0.3 is 19.1 Å². The van der Waals surface area contributed by atoms with E-state index in [0.717, 1.165) is 0 Å². The number of ether oxygens (including phenoxy) is 3. The van der Waals surface area contributed by atoms with Crippen molar-refractivity contribution in [1.82, 2.24) is 4.90 Å². The Bertz CT molecular complexity index is 570. The van der Waals surface area contributed by atoms with E-state index in [-0.39, 0.29) is 13.2 Å². The van der Waals surface area contributed by atoms with Crippen LogP contribution in [0.15, 0.2) is 24.3 Å². The first-order valence-electron chi connectivity index (χ1n) is 7.16. The van der Waals surface area contributed by atoms with Gasteiger partial charge in [0.05, 0.1) is 6.54 Å². The van der Waals surface area contributed by atoms with Gasteiger partial charge in [-0.2, -0.15) is 8.78 Å². The number of para-hydroxylation sites is 2. The van der Waals surface area contributed by atoms with Crippen molar-refractivity contribution in [3.63, 3.8) is 0 Å². The van der Waals surface area contributed by atoms with Crippen molar-refractivity contribution >= 4 is 5.91 Å². The van der Waals surface area contributed by atoms with Crippen LogP contribution < -0.4 is 9.47 Å². The Labute approximate surface area is 136 Å². The molecule has 1 amide bonds. The molecule has 0 bridgehead atoms. The average Bonchev–Trinajstić information content (AvgIpc) is 2.54. The van der Waals surface area contributed by atoms with Gasteiger partial charge >= 0.3 is 12.3 Å². The van der Waals surface area contributed by atoms with E-state index in [1.165, 1.54) is 11.9 Å². The highest BCUT2D eigenvalue weighted by atomic mass is 19.3. The van der Waals surface area contributed by atoms with E-state index in [0.29, 0.717) is 11.5 Å². The van der Waals surface area contributed by atoms with Gasteiger partial charge in [0.15, 0.2) is 17.6 Å². The van der Waals surface area contributed by atoms with Gasteiger partial charge in [0.2, 0.25) is 5.91 Å². The molecule has 1 aromatic carbocycles. The number of hydrogen-bond acceptors (Lipinski definition) is 4. The maximum atomic E-state index is 12.7. The summed E-state index contributed by atoms with van der Waals surface area (Å²) in [5.41, 5.74) is 0. The minimum atomic E-state index is -4.27. The Morgan fingerprint density at radius 3 is 2.71 bits per heavy atom. The topological polar surface area (TPSA) is 48.0 Å². The summed E-state index contributed by atoms with van der Waals surface area (Å²) in [6, 6.07) is 7.04. The summed E-state index contributed by atoms with van der Waals surface area (Å²) < 4.78 is 64.8. The van der Waals surface area contributed by atoms with Crippen molar-refractivity contribution in [2.24, 2.45) is 0 Å². The first-order valence-corrected chi connectivity index (χ1v) is 7.16. The molecule has 0 aliphatic carbocycles. The van der Waals surface area contributed by atoms with Gasteiger partial charge in [0.1, 0.15) is 19.8 Å². The Morgan fingerprint density at radius 1 is 1.38 bits per heavy atom. The summed E-state index contributed by atoms with van der Waals surface area (Å²) in [4.78, 5) is 13.0. The van der Waals surface area contributed by atoms with Crippen LogP contribution >= 0.6 is 0 Å². The van der Waals surface area contributed by atoms with E-state index in [9.17, 15) is 22.4 Å². The molecular weight excluding hydrogens is 334 g/mol. The van der Waals surface area contributed by atoms with Crippen LogP contribution in [-0.4, -0.2) is 62.7 Å². The van der Waals surface area contributed by atoms with Crippen molar-refractivity contribution in [2.75, 3.05) is 33.4 Å². The predicted molar refractivity (Wildman–Crippen MR) is 75.8 cm³/mol. The normalized spacial score (nSPS) is 17.0. The average molecular weight is 351 g/mol. The fourth-order valence-corrected chi connectivity index (χ4v) is 2.01. The molecule has 0 saturated heterocycles. The molecule has 0 fully saturated rings. The van der Waals surface area contributed by atoms with Crippen LogP contribution in [0.4, 0.5) is 17.6 Å². The monoisotopic (exact) mass is 351 g/mol. The Balaban J connectivity index is 1.76. The molecule has 0 aromatic heterocycles. The van der Waals surface area contributed by atoms with Gasteiger partial charge in [-0.3, -0.25) is 4.79 Å². The van der Waals surface area contributed by atoms with E-state index in [1.807, 2.05) is 0 Å². The number of likely N-dealkylation sites (N-methyl/N-ethyl adjacent to an activating group) is 1. The van der Waals surface area contributed by atoms with Crippen molar-refractivity contribution in [1.29, 1.82) is 0 Å². The molecule has 1 aliphatic heterocycles. The van der Waals surface area contributed by atoms with Crippen LogP contribution in [0.2, 0.25) is 0 Å². The van der Waals surface area contributed by atoms with Gasteiger partial charge in [-0.1, -0.05) is 12.1 Å². The first kappa shape index (κ1) is 18.3. The van der Waals surface area contributed by atoms with Crippen molar-refractivity contribution in [3.05, 3.63) is 24.3 Å². The maximum Gasteiger partial charge on any atom is 0.330 e. The van der Waals surface area contributed by atoms with Crippen molar-refractivity contribution in [2.45, 2.75) is 18.5 Å². The maximum absolute atomic E-state index is 12.7. The molecule has 1 atom stereocenters. The van der Waals surface area contributed by atoms with Crippen molar-refractivity contribution in [3.8, 4) is 11.5 Å². The lowest BCUT2D eigenvalue weighted by Gasteiger charge is -2.29. The smallest absolute Gasteiger partial charge is 0.330 e. The second kappa shape index (κ2) is 7.69. The zero-order valence-corrected chi connectivity index (χ0v) is 12.9. The highest BCUT2D eigenvalue weighted by Gasteiger charge is 2.41. The number of halogens is 4. The summed E-state index contributed by atoms with van der Waals surface area (Å²) >= 11 is 0. The molecule has 0 radical (unpaired) electrons. The quantitative estimate of drug-likeness (QED) is 0.707. The fourth-order valence-electron chi connectivity index (χ4n) is 2.01. The Hall–Kier alpha value is -2.03. The summed E-state index contributed by atoms with van der Waals surface area (Å²) in [7, 11) is 1.43. The van der Waals surface area contributed by atoms with E-state index >= 15 is 0 Å². The number of hydrogen-bond donors (Lipinski definition) is 0. The highest BCUT2D eigenvalue weighted by molar-refractivity contribution is 5.77. The minimum absolute atomic E-state index is 0.141. The lowest BCUT2D eigenvalue weighted by Crippen LogP contribution is -2.43. The van der Waals surface area contributed by atoms with Gasteiger partial charge in [-0.15, -0.1) is 0 Å². The summed E-state index contributed by atoms with van der Waals surface area (Å²) in [5, 5.41) is 0. The van der Waals surface area contributed by atoms with Crippen LogP contribution in [0.5, 0.6) is 11.5 Å². The number of benzene rings is 1. The van der Waals surface area contributed by atoms with Gasteiger partial charge in [-0.25, -0.2) is 8.78 Å². The van der Waals surface area contributed by atoms with Gasteiger partial charge in [0.25, 0.3) is 0 Å². The van der Waals surface area contributed by atoms with E-state index < -0.39 is 37.6 Å². The van der Waals surface area contributed by atoms with Gasteiger partial charge in [0, 0.05) is 7.05 Å². The standard InChI is InChI=1S/C15H17F4NO4/c1-20(13(21)8-22-9-15(18,19)14(16)17)6-10-7-23-11-4-2-3-5-12(11)24-10/h2-5,10,14H,6-9H2,1H3/t10-/m1/s1. The number of carbonyl (C=O) groups excluding carboxylic acids is 1. The fraction of sp³-hybridized carbons (Fsp3) is 0.533. The molecule has 1 aromatic rings. The summed E-state index contributed by atoms with van der Waals surface area (Å²) in [5.74, 6) is -3.76. The SMILES string of the molecule is CN(C[C@@H]1COc2ccccc2O1)C(=O)COCC(F)(F)C(F)F. The Morgan fingerprint density at radius 2 is 2.04 bits per heavy atom. The number of rotatable bonds is 7. The highest BCUT2D eigenvalue weighted by Crippen LogP contribution is 2.31. The number of fused-ring (bicyclic) bond motifs is 1. The molecule has 1 aliphatic rings. The Kier molecular flexibility index (Phi) is 5.87. The zero-order valence-electron chi connectivity index (χ0n) is 12.9. The number of nitrogens with zero attached hydrogens (tertiary/aromatic N) is 1. The van der Waals surface area contributed by atoms with Crippen LogP contribution in [0.25, 0.3) is 0 Å². The lowest BCUT2D eigenvalue weighted by molar-refractivity contribution is -0.170. The third-order valence-electron chi connectivity index (χ3n) is 3.31. The second-order valence-electron chi connectivity index (χ2n) is 5.33. The molecule has 9 heteroatoms. The lowest BCUT2D eigenvalue weighted by atomic mass is 10.2. The summed E-state index contributed by atoms with van der Waals surface area (Å²) in [6.45, 7) is -1.87. The third kappa shape index (κ3) is 4.73.